The van der Waals surface area contributed by atoms with Gasteiger partial charge in [-0.15, -0.1) is 59.2 Å². The van der Waals surface area contributed by atoms with Crippen molar-refractivity contribution < 1.29 is 28.3 Å². The van der Waals surface area contributed by atoms with Crippen LogP contribution in [0.3, 0.4) is 0 Å². The van der Waals surface area contributed by atoms with Gasteiger partial charge in [0.25, 0.3) is 0 Å². The van der Waals surface area contributed by atoms with Gasteiger partial charge in [0.2, 0.25) is 0 Å². The van der Waals surface area contributed by atoms with Crippen LogP contribution in [-0.2, 0) is 26.7 Å². The minimum absolute atomic E-state index is 0. The van der Waals surface area contributed by atoms with E-state index in [1.54, 1.807) is 18.3 Å². The first-order chi connectivity index (χ1) is 33.6. The van der Waals surface area contributed by atoms with Crippen LogP contribution in [0.5, 0.6) is 0 Å². The van der Waals surface area contributed by atoms with Gasteiger partial charge in [0.1, 0.15) is 0 Å². The predicted octanol–water partition coefficient (Wildman–Crippen LogP) is 16.0. The van der Waals surface area contributed by atoms with Gasteiger partial charge in [-0.2, -0.15) is 0 Å². The minimum Gasteiger partial charge on any atom is -0.381 e. The smallest absolute Gasteiger partial charge is 0.0798 e. The van der Waals surface area contributed by atoms with Crippen molar-refractivity contribution in [1.82, 2.24) is 19.1 Å². The maximum atomic E-state index is 7.81. The molecule has 0 aliphatic carbocycles. The molecule has 10 rings (SSSR count). The van der Waals surface area contributed by atoms with Gasteiger partial charge in [-0.1, -0.05) is 152 Å². The Balaban J connectivity index is 0.000000235. The first-order valence-electron chi connectivity index (χ1n) is 26.0. The molecule has 0 unspecified atom stereocenters. The maximum Gasteiger partial charge on any atom is 0.0798 e. The molecule has 10 aromatic rings. The second kappa shape index (κ2) is 18.6. The molecule has 0 aliphatic rings. The van der Waals surface area contributed by atoms with Crippen molar-refractivity contribution in [2.45, 2.75) is 106 Å². The molecule has 0 N–H and O–H groups in total. The molecule has 66 heavy (non-hydrogen) atoms. The number of imidazole rings is 1. The third-order valence-corrected chi connectivity index (χ3v) is 14.9. The van der Waals surface area contributed by atoms with E-state index in [2.05, 4.69) is 191 Å². The number of aromatic nitrogens is 4. The molecule has 0 bridgehead atoms. The number of nitrogens with zero attached hydrogens (tertiary/aromatic N) is 4. The molecule has 4 nitrogen and oxygen atoms in total. The molecule has 0 amide bonds. The molecule has 337 valence electrons. The first kappa shape index (κ1) is 39.5. The number of para-hydroxylation sites is 2. The second-order valence-corrected chi connectivity index (χ2v) is 24.4. The largest absolute Gasteiger partial charge is 0.381 e. The minimum atomic E-state index is -2.22. The Hall–Kier alpha value is -5.65. The van der Waals surface area contributed by atoms with E-state index in [1.807, 2.05) is 0 Å². The van der Waals surface area contributed by atoms with Crippen LogP contribution in [0.1, 0.15) is 102 Å². The molecule has 3 aromatic heterocycles. The zero-order valence-corrected chi connectivity index (χ0v) is 43.1. The molecule has 0 atom stereocenters. The molecule has 7 aromatic carbocycles. The van der Waals surface area contributed by atoms with Gasteiger partial charge in [-0.25, -0.2) is 0 Å². The Kier molecular flexibility index (Phi) is 11.1. The third-order valence-electron chi connectivity index (χ3n) is 12.9. The summed E-state index contributed by atoms with van der Waals surface area (Å²) in [4.78, 5) is 9.75. The number of benzene rings is 7. The van der Waals surface area contributed by atoms with Crippen molar-refractivity contribution in [3.05, 3.63) is 167 Å². The maximum absolute atomic E-state index is 7.81. The monoisotopic (exact) mass is 1070 g/mol. The van der Waals surface area contributed by atoms with E-state index in [-0.39, 0.29) is 25.7 Å². The molecule has 0 aliphatic heterocycles. The van der Waals surface area contributed by atoms with Crippen molar-refractivity contribution in [2.75, 3.05) is 0 Å². The van der Waals surface area contributed by atoms with Gasteiger partial charge in [0.15, 0.2) is 0 Å². The van der Waals surface area contributed by atoms with E-state index in [4.69, 9.17) is 13.2 Å². The normalized spacial score (nSPS) is 13.7. The fraction of sp³-hybridized carbons (Fsp3) is 0.267. The first-order valence-corrected chi connectivity index (χ1v) is 26.5. The molecule has 0 saturated carbocycles. The van der Waals surface area contributed by atoms with Crippen LogP contribution in [0.4, 0.5) is 0 Å². The molecular formula is C60H62IrN4Si-2. The fourth-order valence-electron chi connectivity index (χ4n) is 9.49. The second-order valence-electron chi connectivity index (χ2n) is 19.4. The van der Waals surface area contributed by atoms with Crippen LogP contribution >= 0.6 is 0 Å². The van der Waals surface area contributed by atoms with Crippen molar-refractivity contribution >= 4 is 67.6 Å². The molecule has 0 fully saturated rings. The van der Waals surface area contributed by atoms with Crippen molar-refractivity contribution in [2.24, 2.45) is 0 Å². The molecule has 3 heterocycles. The van der Waals surface area contributed by atoms with Crippen molar-refractivity contribution in [1.29, 1.82) is 0 Å². The Labute approximate surface area is 414 Å². The molecule has 0 saturated heterocycles. The topological polar surface area (TPSA) is 35.6 Å². The summed E-state index contributed by atoms with van der Waals surface area (Å²) in [5.74, 6) is 2.10. The van der Waals surface area contributed by atoms with Gasteiger partial charge in [0.05, 0.1) is 24.9 Å². The quantitative estimate of drug-likeness (QED) is 0.0864. The zero-order valence-electron chi connectivity index (χ0n) is 45.7. The summed E-state index contributed by atoms with van der Waals surface area (Å²) in [6.07, 6.45) is 1.65. The summed E-state index contributed by atoms with van der Waals surface area (Å²) in [6, 6.07) is 48.7. The average Bonchev–Trinajstić information content (AvgIpc) is 3.88. The summed E-state index contributed by atoms with van der Waals surface area (Å²) < 4.78 is 50.5. The fourth-order valence-corrected chi connectivity index (χ4v) is 10.8. The van der Waals surface area contributed by atoms with Gasteiger partial charge in [-0.3, -0.25) is 4.98 Å². The van der Waals surface area contributed by atoms with Gasteiger partial charge in [-0.05, 0) is 110 Å². The molecule has 1 radical (unpaired) electrons. The molecule has 0 spiro atoms. The Bertz CT molecular complexity index is 3600. The molecular weight excluding hydrogens is 997 g/mol. The number of pyridine rings is 1. The Morgan fingerprint density at radius 1 is 0.652 bits per heavy atom. The summed E-state index contributed by atoms with van der Waals surface area (Å²) in [5.41, 5.74) is 12.6. The van der Waals surface area contributed by atoms with Crippen LogP contribution in [0.25, 0.3) is 82.7 Å². The number of hydrogen-bond donors (Lipinski definition) is 0. The summed E-state index contributed by atoms with van der Waals surface area (Å²) in [5, 5.41) is 8.50. The standard InChI is InChI=1S/C44H42N3.C16H20NSi.Ir/c1-8-46-39-21-18-30(23-37(39)42-34-19-17-29-13-9-10-14-32(29)33(34)20-22-41(42)46)44-45-38-15-11-12-16-40(38)47(44)43-35(27(4)5)24-31(26(2)3)25-36(43)28(6)7;1-12-6-8-14(9-7-12)15-10-13(2)16(11-17-15)18(3,4)5;/h9-17,19-28H,8H2,1-7H3;6-8,10-11H,1-5H3;/q2*-1;/i;1D3,2D3;. The van der Waals surface area contributed by atoms with E-state index in [0.717, 1.165) is 34.2 Å². The molecule has 6 heteroatoms. The number of hydrogen-bond acceptors (Lipinski definition) is 2. The van der Waals surface area contributed by atoms with Crippen LogP contribution in [0, 0.1) is 25.8 Å². The van der Waals surface area contributed by atoms with E-state index in [1.165, 1.54) is 77.9 Å². The van der Waals surface area contributed by atoms with E-state index in [9.17, 15) is 0 Å². The van der Waals surface area contributed by atoms with E-state index >= 15 is 0 Å². The Morgan fingerprint density at radius 3 is 2.03 bits per heavy atom. The van der Waals surface area contributed by atoms with Gasteiger partial charge in [0, 0.05) is 52.3 Å². The summed E-state index contributed by atoms with van der Waals surface area (Å²) in [6.45, 7) is 18.8. The van der Waals surface area contributed by atoms with Crippen LogP contribution < -0.4 is 5.19 Å². The predicted molar refractivity (Wildman–Crippen MR) is 282 cm³/mol. The number of aryl methyl sites for hydroxylation is 3. The Morgan fingerprint density at radius 2 is 1.36 bits per heavy atom. The van der Waals surface area contributed by atoms with Crippen LogP contribution in [-0.4, -0.2) is 27.2 Å². The van der Waals surface area contributed by atoms with Gasteiger partial charge < -0.3 is 14.1 Å². The van der Waals surface area contributed by atoms with Crippen molar-refractivity contribution in [3.8, 4) is 28.3 Å². The van der Waals surface area contributed by atoms with Crippen LogP contribution in [0.15, 0.2) is 128 Å². The van der Waals surface area contributed by atoms with Gasteiger partial charge >= 0.3 is 0 Å². The third kappa shape index (κ3) is 8.49. The van der Waals surface area contributed by atoms with E-state index < -0.39 is 21.8 Å². The summed E-state index contributed by atoms with van der Waals surface area (Å²) in [7, 11) is -1.85. The number of fused-ring (bicyclic) bond motifs is 8. The van der Waals surface area contributed by atoms with E-state index in [0.29, 0.717) is 34.6 Å². The number of rotatable bonds is 8. The zero-order chi connectivity index (χ0) is 50.9. The van der Waals surface area contributed by atoms with Crippen molar-refractivity contribution in [3.63, 3.8) is 0 Å². The average molecular weight is 1070 g/mol. The summed E-state index contributed by atoms with van der Waals surface area (Å²) >= 11 is 0. The SMILES string of the molecule is CCn1c2c[c-]c(-c3nc4ccccc4n3-c3c(C(C)C)cc(C(C)C)cc3C(C)C)cc2c2c3ccc4ccccc4c3ccc21.[2H]C([2H])([2H])c1c[c-]c(-c2cc(C([2H])([2H])[2H])c([Si](C)(C)C)cn2)cc1.[Ir]. The van der Waals surface area contributed by atoms with Crippen LogP contribution in [0.2, 0.25) is 19.6 Å².